The van der Waals surface area contributed by atoms with E-state index < -0.39 is 11.5 Å². The smallest absolute Gasteiger partial charge is 0.268 e. The number of hydrogen-bond donors (Lipinski definition) is 2. The molecule has 30 heavy (non-hydrogen) atoms. The van der Waals surface area contributed by atoms with E-state index in [-0.39, 0.29) is 12.2 Å². The highest BCUT2D eigenvalue weighted by atomic mass is 16.5. The molecule has 2 aliphatic rings. The van der Waals surface area contributed by atoms with Crippen molar-refractivity contribution >= 4 is 17.4 Å². The van der Waals surface area contributed by atoms with Crippen LogP contribution in [0.1, 0.15) is 47.7 Å². The molecule has 2 aliphatic heterocycles. The maximum Gasteiger partial charge on any atom is 0.268 e. The van der Waals surface area contributed by atoms with Gasteiger partial charge >= 0.3 is 0 Å². The maximum atomic E-state index is 13.3. The van der Waals surface area contributed by atoms with Gasteiger partial charge < -0.3 is 14.7 Å². The lowest BCUT2D eigenvalue weighted by Crippen LogP contribution is -3.15. The molecule has 2 aromatic carbocycles. The molecule has 0 aromatic heterocycles. The Kier molecular flexibility index (Phi) is 5.73. The first-order chi connectivity index (χ1) is 14.4. The van der Waals surface area contributed by atoms with Gasteiger partial charge in [-0.3, -0.25) is 14.5 Å². The first-order valence-corrected chi connectivity index (χ1v) is 10.6. The molecule has 2 aromatic rings. The summed E-state index contributed by atoms with van der Waals surface area (Å²) in [5, 5.41) is 11.4. The molecule has 1 atom stereocenters. The number of ketones is 1. The predicted molar refractivity (Wildman–Crippen MR) is 114 cm³/mol. The molecule has 0 unspecified atom stereocenters. The minimum atomic E-state index is -1.84. The zero-order valence-electron chi connectivity index (χ0n) is 17.6. The van der Waals surface area contributed by atoms with E-state index in [1.807, 2.05) is 24.3 Å². The van der Waals surface area contributed by atoms with Crippen molar-refractivity contribution in [1.82, 2.24) is 0 Å². The van der Waals surface area contributed by atoms with Crippen molar-refractivity contribution in [2.45, 2.75) is 31.8 Å². The second-order valence-electron chi connectivity index (χ2n) is 8.51. The summed E-state index contributed by atoms with van der Waals surface area (Å²) in [6.45, 7) is 7.59. The van der Waals surface area contributed by atoms with Gasteiger partial charge in [0, 0.05) is 11.1 Å². The van der Waals surface area contributed by atoms with Gasteiger partial charge in [-0.2, -0.15) is 0 Å². The number of rotatable bonds is 6. The number of benzene rings is 2. The molecule has 0 aliphatic carbocycles. The Morgan fingerprint density at radius 3 is 2.47 bits per heavy atom. The third kappa shape index (κ3) is 3.78. The fourth-order valence-electron chi connectivity index (χ4n) is 4.26. The van der Waals surface area contributed by atoms with Crippen molar-refractivity contribution < 1.29 is 24.3 Å². The number of fused-ring (bicyclic) bond motifs is 1. The Morgan fingerprint density at radius 1 is 1.13 bits per heavy atom. The minimum Gasteiger partial charge on any atom is -0.375 e. The highest BCUT2D eigenvalue weighted by molar-refractivity contribution is 6.10. The summed E-state index contributed by atoms with van der Waals surface area (Å²) in [4.78, 5) is 29.2. The first kappa shape index (κ1) is 20.7. The van der Waals surface area contributed by atoms with Crippen LogP contribution >= 0.6 is 0 Å². The largest absolute Gasteiger partial charge is 0.375 e. The SMILES string of the molecule is CC(C)c1ccc(C(=O)C[C@]2(O)C(=O)N(C[NH+]3CCOCC3)c3ccccc32)cc1. The van der Waals surface area contributed by atoms with Gasteiger partial charge in [-0.05, 0) is 17.5 Å². The monoisotopic (exact) mass is 409 g/mol. The number of ether oxygens (including phenoxy) is 1. The van der Waals surface area contributed by atoms with Crippen LogP contribution < -0.4 is 9.80 Å². The number of quaternary nitrogens is 1. The lowest BCUT2D eigenvalue weighted by molar-refractivity contribution is -0.906. The lowest BCUT2D eigenvalue weighted by Gasteiger charge is -2.29. The zero-order valence-corrected chi connectivity index (χ0v) is 17.6. The summed E-state index contributed by atoms with van der Waals surface area (Å²) in [7, 11) is 0. The topological polar surface area (TPSA) is 71.3 Å². The quantitative estimate of drug-likeness (QED) is 0.710. The fourth-order valence-corrected chi connectivity index (χ4v) is 4.26. The summed E-state index contributed by atoms with van der Waals surface area (Å²) in [5.74, 6) is -0.288. The third-order valence-corrected chi connectivity index (χ3v) is 6.14. The fraction of sp³-hybridized carbons (Fsp3) is 0.417. The van der Waals surface area contributed by atoms with E-state index in [9.17, 15) is 14.7 Å². The number of amides is 1. The van der Waals surface area contributed by atoms with Crippen LogP contribution in [0.25, 0.3) is 0 Å². The van der Waals surface area contributed by atoms with E-state index in [1.165, 1.54) is 4.90 Å². The Balaban J connectivity index is 1.58. The number of para-hydroxylation sites is 1. The Bertz CT molecular complexity index is 934. The molecular weight excluding hydrogens is 380 g/mol. The highest BCUT2D eigenvalue weighted by Gasteiger charge is 2.51. The van der Waals surface area contributed by atoms with Gasteiger partial charge in [0.05, 0.1) is 25.3 Å². The van der Waals surface area contributed by atoms with Gasteiger partial charge in [0.2, 0.25) is 0 Å². The molecule has 1 amide bonds. The van der Waals surface area contributed by atoms with Crippen molar-refractivity contribution in [2.24, 2.45) is 0 Å². The summed E-state index contributed by atoms with van der Waals surface area (Å²) < 4.78 is 5.41. The molecule has 0 spiro atoms. The van der Waals surface area contributed by atoms with Gasteiger partial charge in [0.25, 0.3) is 5.91 Å². The van der Waals surface area contributed by atoms with E-state index in [0.717, 1.165) is 18.7 Å². The molecule has 0 radical (unpaired) electrons. The number of carbonyl (C=O) groups is 2. The molecule has 1 fully saturated rings. The van der Waals surface area contributed by atoms with Gasteiger partial charge in [-0.25, -0.2) is 0 Å². The number of Topliss-reactive ketones (excluding diaryl/α,β-unsaturated/α-hetero) is 1. The van der Waals surface area contributed by atoms with Crippen LogP contribution in [0.15, 0.2) is 48.5 Å². The van der Waals surface area contributed by atoms with E-state index >= 15 is 0 Å². The number of nitrogens with zero attached hydrogens (tertiary/aromatic N) is 1. The van der Waals surface area contributed by atoms with Crippen LogP contribution in [0.2, 0.25) is 0 Å². The maximum absolute atomic E-state index is 13.3. The van der Waals surface area contributed by atoms with Crippen molar-refractivity contribution in [1.29, 1.82) is 0 Å². The standard InChI is InChI=1S/C24H28N2O4/c1-17(2)18-7-9-19(10-8-18)22(27)15-24(29)20-5-3-4-6-21(20)26(23(24)28)16-25-11-13-30-14-12-25/h3-10,17,29H,11-16H2,1-2H3/p+1/t24-/m1/s1. The van der Waals surface area contributed by atoms with Crippen molar-refractivity contribution in [3.05, 3.63) is 65.2 Å². The van der Waals surface area contributed by atoms with Gasteiger partial charge in [0.1, 0.15) is 13.1 Å². The summed E-state index contributed by atoms with van der Waals surface area (Å²) in [6.07, 6.45) is -0.265. The highest BCUT2D eigenvalue weighted by Crippen LogP contribution is 2.42. The van der Waals surface area contributed by atoms with Crippen LogP contribution in [0.3, 0.4) is 0 Å². The average molecular weight is 410 g/mol. The second kappa shape index (κ2) is 8.30. The van der Waals surface area contributed by atoms with Crippen LogP contribution in [0.5, 0.6) is 0 Å². The molecule has 2 heterocycles. The van der Waals surface area contributed by atoms with Crippen LogP contribution in [-0.4, -0.2) is 49.8 Å². The zero-order chi connectivity index (χ0) is 21.3. The Hall–Kier alpha value is -2.54. The molecule has 1 saturated heterocycles. The van der Waals surface area contributed by atoms with E-state index in [4.69, 9.17) is 4.74 Å². The van der Waals surface area contributed by atoms with Crippen molar-refractivity contribution in [2.75, 3.05) is 37.9 Å². The summed E-state index contributed by atoms with van der Waals surface area (Å²) in [6, 6.07) is 14.7. The van der Waals surface area contributed by atoms with E-state index in [1.54, 1.807) is 29.2 Å². The second-order valence-corrected chi connectivity index (χ2v) is 8.51. The molecule has 158 valence electrons. The molecule has 6 heteroatoms. The molecule has 6 nitrogen and oxygen atoms in total. The Labute approximate surface area is 177 Å². The minimum absolute atomic E-state index is 0.239. The third-order valence-electron chi connectivity index (χ3n) is 6.14. The van der Waals surface area contributed by atoms with E-state index in [0.29, 0.717) is 42.6 Å². The first-order valence-electron chi connectivity index (χ1n) is 10.6. The van der Waals surface area contributed by atoms with Crippen molar-refractivity contribution in [3.63, 3.8) is 0 Å². The summed E-state index contributed by atoms with van der Waals surface area (Å²) >= 11 is 0. The number of aliphatic hydroxyl groups is 1. The molecular formula is C24H29N2O4+. The van der Waals surface area contributed by atoms with Gasteiger partial charge in [-0.1, -0.05) is 56.3 Å². The van der Waals surface area contributed by atoms with Crippen molar-refractivity contribution in [3.8, 4) is 0 Å². The molecule has 2 N–H and O–H groups in total. The molecule has 0 bridgehead atoms. The van der Waals surface area contributed by atoms with Crippen LogP contribution in [0, 0.1) is 0 Å². The van der Waals surface area contributed by atoms with Gasteiger partial charge in [-0.15, -0.1) is 0 Å². The van der Waals surface area contributed by atoms with Gasteiger partial charge in [0.15, 0.2) is 18.1 Å². The van der Waals surface area contributed by atoms with Crippen LogP contribution in [-0.2, 0) is 15.1 Å². The Morgan fingerprint density at radius 2 is 1.80 bits per heavy atom. The lowest BCUT2D eigenvalue weighted by atomic mass is 9.87. The predicted octanol–water partition coefficient (Wildman–Crippen LogP) is 1.49. The number of hydrogen-bond acceptors (Lipinski definition) is 4. The molecule has 0 saturated carbocycles. The van der Waals surface area contributed by atoms with E-state index in [2.05, 4.69) is 13.8 Å². The number of morpholine rings is 1. The summed E-state index contributed by atoms with van der Waals surface area (Å²) in [5.41, 5.74) is 1.01. The average Bonchev–Trinajstić information content (AvgIpc) is 2.96. The number of nitrogens with one attached hydrogen (secondary N) is 1. The number of carbonyl (C=O) groups excluding carboxylic acids is 2. The van der Waals surface area contributed by atoms with Crippen LogP contribution in [0.4, 0.5) is 5.69 Å². The molecule has 4 rings (SSSR count). The number of anilines is 1. The normalized spacial score (nSPS) is 21.9.